The van der Waals surface area contributed by atoms with Crippen molar-refractivity contribution in [3.05, 3.63) is 18.6 Å². The first-order valence-corrected chi connectivity index (χ1v) is 8.63. The van der Waals surface area contributed by atoms with E-state index in [0.717, 1.165) is 35.9 Å². The molecule has 0 spiro atoms. The molecule has 0 radical (unpaired) electrons. The molecule has 0 aromatic carbocycles. The normalized spacial score (nSPS) is 21.7. The maximum Gasteiger partial charge on any atom is 0.164 e. The van der Waals surface area contributed by atoms with Gasteiger partial charge in [0.05, 0.1) is 23.6 Å². The third-order valence-corrected chi connectivity index (χ3v) is 5.23. The van der Waals surface area contributed by atoms with E-state index in [4.69, 9.17) is 4.98 Å². The number of anilines is 2. The van der Waals surface area contributed by atoms with Gasteiger partial charge in [-0.25, -0.2) is 9.97 Å². The van der Waals surface area contributed by atoms with Gasteiger partial charge in [-0.2, -0.15) is 5.10 Å². The van der Waals surface area contributed by atoms with Gasteiger partial charge < -0.3 is 9.80 Å². The van der Waals surface area contributed by atoms with Crippen LogP contribution in [-0.4, -0.2) is 45.8 Å². The SMILES string of the molecule is CC[C@@H]1CN(C)c2cnc(-c3cn[nH]c3)nc2N1C1CCCC1. The largest absolute Gasteiger partial charge is 0.368 e. The van der Waals surface area contributed by atoms with Crippen molar-refractivity contribution >= 4 is 11.5 Å². The van der Waals surface area contributed by atoms with Gasteiger partial charge in [-0.1, -0.05) is 19.8 Å². The van der Waals surface area contributed by atoms with Crippen LogP contribution in [0.2, 0.25) is 0 Å². The number of aromatic amines is 1. The second-order valence-corrected chi connectivity index (χ2v) is 6.68. The molecule has 1 aliphatic carbocycles. The summed E-state index contributed by atoms with van der Waals surface area (Å²) in [4.78, 5) is 14.4. The van der Waals surface area contributed by atoms with Crippen molar-refractivity contribution in [3.63, 3.8) is 0 Å². The Kier molecular flexibility index (Phi) is 3.67. The highest BCUT2D eigenvalue weighted by Gasteiger charge is 2.35. The summed E-state index contributed by atoms with van der Waals surface area (Å²) in [5.41, 5.74) is 2.09. The molecule has 1 N–H and O–H groups in total. The molecule has 1 atom stereocenters. The van der Waals surface area contributed by atoms with E-state index in [1.54, 1.807) is 6.20 Å². The van der Waals surface area contributed by atoms with Crippen molar-refractivity contribution in [1.29, 1.82) is 0 Å². The standard InChI is InChI=1S/C17H24N6/c1-3-13-11-22(2)15-10-18-16(12-8-19-20-9-12)21-17(15)23(13)14-6-4-5-7-14/h8-10,13-14H,3-7,11H2,1-2H3,(H,19,20)/t13-/m1/s1. The summed E-state index contributed by atoms with van der Waals surface area (Å²) in [6, 6.07) is 1.15. The zero-order chi connectivity index (χ0) is 15.8. The molecule has 23 heavy (non-hydrogen) atoms. The van der Waals surface area contributed by atoms with E-state index in [0.29, 0.717) is 12.1 Å². The summed E-state index contributed by atoms with van der Waals surface area (Å²) in [5, 5.41) is 6.87. The number of hydrogen-bond donors (Lipinski definition) is 1. The Labute approximate surface area is 136 Å². The van der Waals surface area contributed by atoms with Crippen molar-refractivity contribution in [1.82, 2.24) is 20.2 Å². The molecule has 0 saturated heterocycles. The van der Waals surface area contributed by atoms with Crippen LogP contribution in [0.1, 0.15) is 39.0 Å². The van der Waals surface area contributed by atoms with Gasteiger partial charge in [0, 0.05) is 31.9 Å². The highest BCUT2D eigenvalue weighted by Crippen LogP contribution is 2.39. The van der Waals surface area contributed by atoms with Crippen LogP contribution in [0.3, 0.4) is 0 Å². The lowest BCUT2D eigenvalue weighted by Crippen LogP contribution is -2.52. The van der Waals surface area contributed by atoms with Gasteiger partial charge in [0.25, 0.3) is 0 Å². The Bertz CT molecular complexity index is 662. The summed E-state index contributed by atoms with van der Waals surface area (Å²) >= 11 is 0. The summed E-state index contributed by atoms with van der Waals surface area (Å²) in [6.45, 7) is 3.33. The van der Waals surface area contributed by atoms with Gasteiger partial charge in [0.1, 0.15) is 0 Å². The fourth-order valence-electron chi connectivity index (χ4n) is 3.99. The van der Waals surface area contributed by atoms with Crippen LogP contribution in [0.4, 0.5) is 11.5 Å². The van der Waals surface area contributed by atoms with E-state index < -0.39 is 0 Å². The first kappa shape index (κ1) is 14.5. The van der Waals surface area contributed by atoms with Crippen molar-refractivity contribution in [2.75, 3.05) is 23.4 Å². The molecule has 0 amide bonds. The quantitative estimate of drug-likeness (QED) is 0.944. The van der Waals surface area contributed by atoms with E-state index >= 15 is 0 Å². The number of nitrogens with one attached hydrogen (secondary N) is 1. The number of aromatic nitrogens is 4. The van der Waals surface area contributed by atoms with Crippen LogP contribution < -0.4 is 9.80 Å². The number of H-pyrrole nitrogens is 1. The minimum Gasteiger partial charge on any atom is -0.368 e. The molecule has 1 saturated carbocycles. The minimum absolute atomic E-state index is 0.530. The summed E-state index contributed by atoms with van der Waals surface area (Å²) in [5.74, 6) is 1.86. The topological polar surface area (TPSA) is 60.9 Å². The first-order valence-electron chi connectivity index (χ1n) is 8.63. The van der Waals surface area contributed by atoms with Gasteiger partial charge in [-0.15, -0.1) is 0 Å². The lowest BCUT2D eigenvalue weighted by Gasteiger charge is -2.45. The predicted molar refractivity (Wildman–Crippen MR) is 91.7 cm³/mol. The zero-order valence-corrected chi connectivity index (χ0v) is 13.9. The molecule has 2 aliphatic rings. The highest BCUT2D eigenvalue weighted by atomic mass is 15.3. The number of hydrogen-bond acceptors (Lipinski definition) is 5. The van der Waals surface area contributed by atoms with Gasteiger partial charge in [0.2, 0.25) is 0 Å². The van der Waals surface area contributed by atoms with E-state index in [9.17, 15) is 0 Å². The molecule has 1 aliphatic heterocycles. The van der Waals surface area contributed by atoms with Gasteiger partial charge in [-0.3, -0.25) is 5.10 Å². The molecule has 2 aromatic heterocycles. The Hall–Kier alpha value is -2.11. The lowest BCUT2D eigenvalue weighted by atomic mass is 10.0. The summed E-state index contributed by atoms with van der Waals surface area (Å²) in [7, 11) is 2.15. The third-order valence-electron chi connectivity index (χ3n) is 5.23. The van der Waals surface area contributed by atoms with E-state index in [2.05, 4.69) is 39.0 Å². The number of nitrogens with zero attached hydrogens (tertiary/aromatic N) is 5. The van der Waals surface area contributed by atoms with Crippen LogP contribution in [0.5, 0.6) is 0 Å². The first-order chi connectivity index (χ1) is 11.3. The van der Waals surface area contributed by atoms with Gasteiger partial charge in [-0.05, 0) is 19.3 Å². The smallest absolute Gasteiger partial charge is 0.164 e. The van der Waals surface area contributed by atoms with E-state index in [-0.39, 0.29) is 0 Å². The van der Waals surface area contributed by atoms with Crippen molar-refractivity contribution in [3.8, 4) is 11.4 Å². The van der Waals surface area contributed by atoms with Gasteiger partial charge >= 0.3 is 0 Å². The van der Waals surface area contributed by atoms with E-state index in [1.165, 1.54) is 25.7 Å². The lowest BCUT2D eigenvalue weighted by molar-refractivity contribution is 0.476. The van der Waals surface area contributed by atoms with Crippen LogP contribution in [-0.2, 0) is 0 Å². The van der Waals surface area contributed by atoms with Crippen LogP contribution in [0.25, 0.3) is 11.4 Å². The second kappa shape index (κ2) is 5.83. The van der Waals surface area contributed by atoms with Crippen LogP contribution in [0, 0.1) is 0 Å². The Morgan fingerprint density at radius 1 is 1.26 bits per heavy atom. The molecule has 3 heterocycles. The average Bonchev–Trinajstić information content (AvgIpc) is 3.27. The molecule has 6 heteroatoms. The van der Waals surface area contributed by atoms with Crippen LogP contribution in [0.15, 0.2) is 18.6 Å². The number of likely N-dealkylation sites (N-methyl/N-ethyl adjacent to an activating group) is 1. The van der Waals surface area contributed by atoms with Gasteiger partial charge in [0.15, 0.2) is 11.6 Å². The summed E-state index contributed by atoms with van der Waals surface area (Å²) in [6.07, 6.45) is 12.0. The number of fused-ring (bicyclic) bond motifs is 1. The number of rotatable bonds is 3. The average molecular weight is 312 g/mol. The monoisotopic (exact) mass is 312 g/mol. The minimum atomic E-state index is 0.530. The summed E-state index contributed by atoms with van der Waals surface area (Å²) < 4.78 is 0. The second-order valence-electron chi connectivity index (χ2n) is 6.68. The maximum absolute atomic E-state index is 4.94. The molecule has 0 bridgehead atoms. The fraction of sp³-hybridized carbons (Fsp3) is 0.588. The van der Waals surface area contributed by atoms with Crippen molar-refractivity contribution in [2.24, 2.45) is 0 Å². The van der Waals surface area contributed by atoms with Crippen LogP contribution >= 0.6 is 0 Å². The molecular weight excluding hydrogens is 288 g/mol. The molecule has 1 fully saturated rings. The van der Waals surface area contributed by atoms with Crippen molar-refractivity contribution < 1.29 is 0 Å². The Balaban J connectivity index is 1.80. The Morgan fingerprint density at radius 3 is 2.78 bits per heavy atom. The van der Waals surface area contributed by atoms with Crippen molar-refractivity contribution in [2.45, 2.75) is 51.1 Å². The molecule has 2 aromatic rings. The molecule has 4 rings (SSSR count). The molecule has 122 valence electrons. The highest BCUT2D eigenvalue weighted by molar-refractivity contribution is 5.72. The fourth-order valence-corrected chi connectivity index (χ4v) is 3.99. The third kappa shape index (κ3) is 2.46. The van der Waals surface area contributed by atoms with E-state index in [1.807, 2.05) is 12.4 Å². The predicted octanol–water partition coefficient (Wildman–Crippen LogP) is 2.84. The zero-order valence-electron chi connectivity index (χ0n) is 13.9. The molecular formula is C17H24N6. The molecule has 6 nitrogen and oxygen atoms in total. The Morgan fingerprint density at radius 2 is 2.09 bits per heavy atom. The maximum atomic E-state index is 4.94. The molecule has 0 unspecified atom stereocenters.